The summed E-state index contributed by atoms with van der Waals surface area (Å²) in [7, 11) is 4.51. The molecule has 20 heavy (non-hydrogen) atoms. The average molecular weight is 278 g/mol. The fourth-order valence-corrected chi connectivity index (χ4v) is 1.78. The fraction of sp³-hybridized carbons (Fsp3) is 0.400. The highest BCUT2D eigenvalue weighted by Gasteiger charge is 2.20. The molecule has 1 aromatic carbocycles. The molecule has 0 spiro atoms. The van der Waals surface area contributed by atoms with Gasteiger partial charge in [0.25, 0.3) is 0 Å². The first-order valence-electron chi connectivity index (χ1n) is 5.92. The number of terminal acetylenes is 1. The van der Waals surface area contributed by atoms with E-state index in [1.807, 2.05) is 0 Å². The average Bonchev–Trinajstić information content (AvgIpc) is 2.46. The van der Waals surface area contributed by atoms with Crippen LogP contribution in [0.15, 0.2) is 12.1 Å². The summed E-state index contributed by atoms with van der Waals surface area (Å²) in [6.45, 7) is 1.48. The fourth-order valence-electron chi connectivity index (χ4n) is 1.78. The zero-order valence-corrected chi connectivity index (χ0v) is 12.1. The molecule has 108 valence electrons. The zero-order valence-electron chi connectivity index (χ0n) is 12.1. The van der Waals surface area contributed by atoms with Crippen LogP contribution < -0.4 is 9.47 Å². The first-order chi connectivity index (χ1) is 9.58. The van der Waals surface area contributed by atoms with Crippen molar-refractivity contribution in [3.8, 4) is 23.8 Å². The van der Waals surface area contributed by atoms with Crippen LogP contribution in [-0.2, 0) is 9.47 Å². The summed E-state index contributed by atoms with van der Waals surface area (Å²) in [5, 5.41) is 0. The molecule has 0 radical (unpaired) electrons. The van der Waals surface area contributed by atoms with Crippen molar-refractivity contribution in [3.63, 3.8) is 0 Å². The predicted molar refractivity (Wildman–Crippen MR) is 74.1 cm³/mol. The van der Waals surface area contributed by atoms with E-state index in [1.165, 1.54) is 28.3 Å². The molecular formula is C15H18O5. The number of ketones is 1. The van der Waals surface area contributed by atoms with E-state index in [-0.39, 0.29) is 12.6 Å². The van der Waals surface area contributed by atoms with Crippen LogP contribution in [0.5, 0.6) is 11.5 Å². The normalized spacial score (nSPS) is 11.6. The lowest BCUT2D eigenvalue weighted by atomic mass is 9.98. The van der Waals surface area contributed by atoms with E-state index in [0.717, 1.165) is 0 Å². The molecule has 5 nitrogen and oxygen atoms in total. The van der Waals surface area contributed by atoms with Crippen molar-refractivity contribution < 1.29 is 23.7 Å². The van der Waals surface area contributed by atoms with E-state index in [0.29, 0.717) is 22.6 Å². The van der Waals surface area contributed by atoms with E-state index in [4.69, 9.17) is 25.4 Å². The van der Waals surface area contributed by atoms with E-state index in [2.05, 4.69) is 5.92 Å². The molecule has 1 rings (SSSR count). The first-order valence-corrected chi connectivity index (χ1v) is 5.92. The number of hydrogen-bond acceptors (Lipinski definition) is 5. The molecule has 0 aliphatic rings. The standard InChI is InChI=1S/C15H18O5/c1-6-13(20-9-17-3)12-8-15(19-5)14(18-4)7-11(12)10(2)16/h1,7-8,13H,9H2,2-5H3. The van der Waals surface area contributed by atoms with Crippen molar-refractivity contribution >= 4 is 5.78 Å². The number of ether oxygens (including phenoxy) is 4. The summed E-state index contributed by atoms with van der Waals surface area (Å²) >= 11 is 0. The van der Waals surface area contributed by atoms with Crippen molar-refractivity contribution in [2.75, 3.05) is 28.1 Å². The Balaban J connectivity index is 3.34. The van der Waals surface area contributed by atoms with Gasteiger partial charge in [-0.1, -0.05) is 5.92 Å². The number of hydrogen-bond donors (Lipinski definition) is 0. The zero-order chi connectivity index (χ0) is 15.1. The maximum absolute atomic E-state index is 11.8. The summed E-state index contributed by atoms with van der Waals surface area (Å²) in [5.74, 6) is 3.29. The Kier molecular flexibility index (Phi) is 6.04. The van der Waals surface area contributed by atoms with Crippen LogP contribution in [-0.4, -0.2) is 33.9 Å². The van der Waals surface area contributed by atoms with Crippen molar-refractivity contribution in [3.05, 3.63) is 23.3 Å². The summed E-state index contributed by atoms with van der Waals surface area (Å²) < 4.78 is 20.6. The Morgan fingerprint density at radius 1 is 1.25 bits per heavy atom. The van der Waals surface area contributed by atoms with Crippen LogP contribution in [0.4, 0.5) is 0 Å². The lowest BCUT2D eigenvalue weighted by Crippen LogP contribution is -2.10. The molecule has 1 atom stereocenters. The number of benzene rings is 1. The Hall–Kier alpha value is -2.03. The molecule has 1 unspecified atom stereocenters. The molecule has 0 amide bonds. The van der Waals surface area contributed by atoms with E-state index < -0.39 is 6.10 Å². The Bertz CT molecular complexity index is 516. The molecule has 0 saturated carbocycles. The van der Waals surface area contributed by atoms with Crippen molar-refractivity contribution in [2.45, 2.75) is 13.0 Å². The van der Waals surface area contributed by atoms with Crippen LogP contribution >= 0.6 is 0 Å². The molecule has 0 heterocycles. The number of rotatable bonds is 7. The first kappa shape index (κ1) is 16.0. The third-order valence-electron chi connectivity index (χ3n) is 2.72. The quantitative estimate of drug-likeness (QED) is 0.435. The van der Waals surface area contributed by atoms with E-state index >= 15 is 0 Å². The maximum Gasteiger partial charge on any atom is 0.161 e. The summed E-state index contributed by atoms with van der Waals surface area (Å²) in [5.41, 5.74) is 0.983. The van der Waals surface area contributed by atoms with Gasteiger partial charge < -0.3 is 18.9 Å². The van der Waals surface area contributed by atoms with Crippen molar-refractivity contribution in [1.82, 2.24) is 0 Å². The Morgan fingerprint density at radius 2 is 1.85 bits per heavy atom. The van der Waals surface area contributed by atoms with Gasteiger partial charge in [-0.05, 0) is 19.1 Å². The lowest BCUT2D eigenvalue weighted by Gasteiger charge is -2.18. The molecule has 0 N–H and O–H groups in total. The van der Waals surface area contributed by atoms with Gasteiger partial charge in [0.05, 0.1) is 14.2 Å². The van der Waals surface area contributed by atoms with Gasteiger partial charge in [-0.25, -0.2) is 0 Å². The highest BCUT2D eigenvalue weighted by Crippen LogP contribution is 2.34. The topological polar surface area (TPSA) is 54.0 Å². The number of methoxy groups -OCH3 is 3. The molecule has 1 aromatic rings. The summed E-state index contributed by atoms with van der Waals surface area (Å²) in [6, 6.07) is 3.24. The monoisotopic (exact) mass is 278 g/mol. The van der Waals surface area contributed by atoms with Crippen LogP contribution in [0.2, 0.25) is 0 Å². The van der Waals surface area contributed by atoms with Crippen LogP contribution in [0.3, 0.4) is 0 Å². The molecule has 0 aliphatic heterocycles. The van der Waals surface area contributed by atoms with Crippen molar-refractivity contribution in [2.24, 2.45) is 0 Å². The molecule has 0 saturated heterocycles. The SMILES string of the molecule is C#CC(OCOC)c1cc(OC)c(OC)cc1C(C)=O. The highest BCUT2D eigenvalue weighted by molar-refractivity contribution is 5.96. The molecule has 0 bridgehead atoms. The molecule has 0 fully saturated rings. The second-order valence-corrected chi connectivity index (χ2v) is 3.97. The minimum Gasteiger partial charge on any atom is -0.493 e. The Labute approximate surface area is 118 Å². The van der Waals surface area contributed by atoms with Crippen molar-refractivity contribution in [1.29, 1.82) is 0 Å². The smallest absolute Gasteiger partial charge is 0.161 e. The number of Topliss-reactive ketones (excluding diaryl/α,β-unsaturated/α-hetero) is 1. The highest BCUT2D eigenvalue weighted by atomic mass is 16.7. The van der Waals surface area contributed by atoms with Gasteiger partial charge >= 0.3 is 0 Å². The third kappa shape index (κ3) is 3.50. The summed E-state index contributed by atoms with van der Waals surface area (Å²) in [4.78, 5) is 11.8. The minimum absolute atomic E-state index is 0.0283. The predicted octanol–water partition coefficient (Wildman–Crippen LogP) is 2.20. The van der Waals surface area contributed by atoms with Gasteiger partial charge in [-0.2, -0.15) is 0 Å². The largest absolute Gasteiger partial charge is 0.493 e. The van der Waals surface area contributed by atoms with Crippen LogP contribution in [0.1, 0.15) is 28.9 Å². The van der Waals surface area contributed by atoms with Gasteiger partial charge in [0.2, 0.25) is 0 Å². The Morgan fingerprint density at radius 3 is 2.30 bits per heavy atom. The van der Waals surface area contributed by atoms with Crippen LogP contribution in [0.25, 0.3) is 0 Å². The van der Waals surface area contributed by atoms with E-state index in [1.54, 1.807) is 12.1 Å². The molecular weight excluding hydrogens is 260 g/mol. The number of carbonyl (C=O) groups excluding carboxylic acids is 1. The van der Waals surface area contributed by atoms with Gasteiger partial charge in [0, 0.05) is 18.2 Å². The lowest BCUT2D eigenvalue weighted by molar-refractivity contribution is -0.0536. The summed E-state index contributed by atoms with van der Waals surface area (Å²) in [6.07, 6.45) is 4.76. The van der Waals surface area contributed by atoms with Gasteiger partial charge in [0.1, 0.15) is 12.9 Å². The van der Waals surface area contributed by atoms with E-state index in [9.17, 15) is 4.79 Å². The third-order valence-corrected chi connectivity index (χ3v) is 2.72. The second-order valence-electron chi connectivity index (χ2n) is 3.97. The molecule has 5 heteroatoms. The number of carbonyl (C=O) groups is 1. The van der Waals surface area contributed by atoms with Gasteiger partial charge in [0.15, 0.2) is 17.3 Å². The molecule has 0 aromatic heterocycles. The van der Waals surface area contributed by atoms with Gasteiger partial charge in [-0.15, -0.1) is 6.42 Å². The van der Waals surface area contributed by atoms with Crippen LogP contribution in [0, 0.1) is 12.3 Å². The maximum atomic E-state index is 11.8. The van der Waals surface area contributed by atoms with Gasteiger partial charge in [-0.3, -0.25) is 4.79 Å². The minimum atomic E-state index is -0.700. The second kappa shape index (κ2) is 7.53. The molecule has 0 aliphatic carbocycles.